The van der Waals surface area contributed by atoms with Crippen molar-refractivity contribution in [2.75, 3.05) is 0 Å². The number of rotatable bonds is 6. The minimum atomic E-state index is -0.414. The Morgan fingerprint density at radius 1 is 1.20 bits per heavy atom. The number of carbonyl (C=O) groups excluding carboxylic acids is 1. The minimum Gasteiger partial charge on any atom is -0.459 e. The highest BCUT2D eigenvalue weighted by Crippen LogP contribution is 2.21. The second-order valence-electron chi connectivity index (χ2n) is 6.81. The zero-order valence-corrected chi connectivity index (χ0v) is 17.8. The molecular formula is C22H18BrN3O4. The molecule has 0 amide bonds. The molecule has 0 saturated carbocycles. The maximum atomic E-state index is 12.2. The van der Waals surface area contributed by atoms with Gasteiger partial charge in [-0.25, -0.2) is 9.97 Å². The van der Waals surface area contributed by atoms with Gasteiger partial charge in [0, 0.05) is 28.7 Å². The molecular weight excluding hydrogens is 450 g/mol. The predicted octanol–water partition coefficient (Wildman–Crippen LogP) is 4.10. The molecule has 3 heterocycles. The molecule has 4 aromatic rings. The lowest BCUT2D eigenvalue weighted by Gasteiger charge is -2.06. The molecule has 0 fully saturated rings. The van der Waals surface area contributed by atoms with Crippen LogP contribution < -0.4 is 5.56 Å². The number of oxazole rings is 1. The summed E-state index contributed by atoms with van der Waals surface area (Å²) in [5, 5.41) is 0. The molecule has 0 saturated heterocycles. The Kier molecular flexibility index (Phi) is 5.76. The van der Waals surface area contributed by atoms with Crippen molar-refractivity contribution in [2.45, 2.75) is 26.4 Å². The van der Waals surface area contributed by atoms with Gasteiger partial charge in [-0.15, -0.1) is 0 Å². The van der Waals surface area contributed by atoms with E-state index in [1.54, 1.807) is 24.5 Å². The van der Waals surface area contributed by atoms with Crippen LogP contribution in [0.3, 0.4) is 0 Å². The number of aromatic nitrogens is 3. The summed E-state index contributed by atoms with van der Waals surface area (Å²) < 4.78 is 13.2. The maximum absolute atomic E-state index is 12.2. The van der Waals surface area contributed by atoms with Gasteiger partial charge in [0.25, 0.3) is 5.56 Å². The average molecular weight is 468 g/mol. The fourth-order valence-corrected chi connectivity index (χ4v) is 3.25. The van der Waals surface area contributed by atoms with Gasteiger partial charge in [0.1, 0.15) is 12.3 Å². The third kappa shape index (κ3) is 4.65. The molecule has 0 unspecified atom stereocenters. The van der Waals surface area contributed by atoms with Crippen molar-refractivity contribution >= 4 is 27.5 Å². The second-order valence-corrected chi connectivity index (χ2v) is 7.72. The van der Waals surface area contributed by atoms with Crippen LogP contribution in [-0.2, 0) is 22.6 Å². The number of halogens is 1. The molecule has 0 aliphatic rings. The van der Waals surface area contributed by atoms with Crippen LogP contribution in [-0.4, -0.2) is 20.3 Å². The molecule has 30 heavy (non-hydrogen) atoms. The molecule has 8 heteroatoms. The zero-order valence-electron chi connectivity index (χ0n) is 16.2. The number of fused-ring (bicyclic) bond motifs is 1. The van der Waals surface area contributed by atoms with Crippen LogP contribution >= 0.6 is 15.9 Å². The summed E-state index contributed by atoms with van der Waals surface area (Å²) in [6.07, 6.45) is 3.73. The first-order valence-electron chi connectivity index (χ1n) is 9.33. The molecule has 4 rings (SSSR count). The Morgan fingerprint density at radius 3 is 2.80 bits per heavy atom. The van der Waals surface area contributed by atoms with Crippen molar-refractivity contribution in [1.82, 2.24) is 14.4 Å². The number of aryl methyl sites for hydroxylation is 2. The van der Waals surface area contributed by atoms with E-state index in [2.05, 4.69) is 25.9 Å². The fourth-order valence-electron chi connectivity index (χ4n) is 2.91. The van der Waals surface area contributed by atoms with E-state index in [-0.39, 0.29) is 18.6 Å². The highest BCUT2D eigenvalue weighted by molar-refractivity contribution is 9.10. The highest BCUT2D eigenvalue weighted by Gasteiger charge is 2.11. The smallest absolute Gasteiger partial charge is 0.306 e. The van der Waals surface area contributed by atoms with E-state index in [9.17, 15) is 9.59 Å². The molecule has 0 atom stereocenters. The van der Waals surface area contributed by atoms with Gasteiger partial charge >= 0.3 is 5.97 Å². The van der Waals surface area contributed by atoms with Crippen LogP contribution in [0.2, 0.25) is 0 Å². The Labute approximate surface area is 180 Å². The first kappa shape index (κ1) is 20.0. The number of hydrogen-bond donors (Lipinski definition) is 0. The lowest BCUT2D eigenvalue weighted by Crippen LogP contribution is -2.16. The van der Waals surface area contributed by atoms with Crippen LogP contribution in [0.15, 0.2) is 68.5 Å². The van der Waals surface area contributed by atoms with Crippen molar-refractivity contribution in [1.29, 1.82) is 0 Å². The SMILES string of the molecule is Cc1ccc(-c2cnc(CCC(=O)OCc3cc(=O)n4cc(Br)ccc4n3)o2)cc1. The number of esters is 1. The zero-order chi connectivity index (χ0) is 21.1. The monoisotopic (exact) mass is 467 g/mol. The molecule has 1 aromatic carbocycles. The molecule has 0 spiro atoms. The minimum absolute atomic E-state index is 0.0686. The molecule has 0 N–H and O–H groups in total. The number of carbonyl (C=O) groups is 1. The van der Waals surface area contributed by atoms with Crippen LogP contribution in [0, 0.1) is 6.92 Å². The maximum Gasteiger partial charge on any atom is 0.306 e. The van der Waals surface area contributed by atoms with Crippen LogP contribution in [0.4, 0.5) is 0 Å². The molecule has 152 valence electrons. The molecule has 0 bridgehead atoms. The first-order chi connectivity index (χ1) is 14.5. The summed E-state index contributed by atoms with van der Waals surface area (Å²) in [7, 11) is 0. The summed E-state index contributed by atoms with van der Waals surface area (Å²) in [6.45, 7) is 1.95. The largest absolute Gasteiger partial charge is 0.459 e. The van der Waals surface area contributed by atoms with Crippen molar-refractivity contribution in [2.24, 2.45) is 0 Å². The Hall–Kier alpha value is -3.26. The van der Waals surface area contributed by atoms with E-state index in [1.807, 2.05) is 31.2 Å². The summed E-state index contributed by atoms with van der Waals surface area (Å²) in [5.41, 5.74) is 2.74. The summed E-state index contributed by atoms with van der Waals surface area (Å²) >= 11 is 3.32. The Balaban J connectivity index is 1.33. The molecule has 0 aliphatic carbocycles. The van der Waals surface area contributed by atoms with Crippen molar-refractivity contribution in [3.8, 4) is 11.3 Å². The lowest BCUT2D eigenvalue weighted by molar-refractivity contribution is -0.145. The van der Waals surface area contributed by atoms with Crippen LogP contribution in [0.1, 0.15) is 23.6 Å². The highest BCUT2D eigenvalue weighted by atomic mass is 79.9. The van der Waals surface area contributed by atoms with E-state index >= 15 is 0 Å². The summed E-state index contributed by atoms with van der Waals surface area (Å²) in [4.78, 5) is 32.8. The van der Waals surface area contributed by atoms with Crippen LogP contribution in [0.25, 0.3) is 17.0 Å². The van der Waals surface area contributed by atoms with Gasteiger partial charge in [-0.3, -0.25) is 14.0 Å². The summed E-state index contributed by atoms with van der Waals surface area (Å²) in [5.74, 6) is 0.712. The first-order valence-corrected chi connectivity index (χ1v) is 10.1. The number of nitrogens with zero attached hydrogens (tertiary/aromatic N) is 3. The molecule has 0 aliphatic heterocycles. The van der Waals surface area contributed by atoms with E-state index in [1.165, 1.54) is 10.5 Å². The number of benzene rings is 1. The quantitative estimate of drug-likeness (QED) is 0.396. The normalized spacial score (nSPS) is 11.0. The predicted molar refractivity (Wildman–Crippen MR) is 114 cm³/mol. The Morgan fingerprint density at radius 2 is 2.00 bits per heavy atom. The fraction of sp³-hybridized carbons (Fsp3) is 0.182. The van der Waals surface area contributed by atoms with Gasteiger partial charge < -0.3 is 9.15 Å². The van der Waals surface area contributed by atoms with Crippen molar-refractivity contribution < 1.29 is 13.9 Å². The van der Waals surface area contributed by atoms with Gasteiger partial charge in [0.15, 0.2) is 11.7 Å². The third-order valence-electron chi connectivity index (χ3n) is 4.49. The van der Waals surface area contributed by atoms with E-state index in [4.69, 9.17) is 9.15 Å². The Bertz CT molecular complexity index is 1260. The average Bonchev–Trinajstić information content (AvgIpc) is 3.21. The van der Waals surface area contributed by atoms with Crippen molar-refractivity contribution in [3.63, 3.8) is 0 Å². The number of ether oxygens (including phenoxy) is 1. The van der Waals surface area contributed by atoms with Crippen molar-refractivity contribution in [3.05, 3.63) is 86.8 Å². The summed E-state index contributed by atoms with van der Waals surface area (Å²) in [6, 6.07) is 12.8. The molecule has 7 nitrogen and oxygen atoms in total. The van der Waals surface area contributed by atoms with Gasteiger partial charge in [0.05, 0.1) is 18.3 Å². The third-order valence-corrected chi connectivity index (χ3v) is 4.96. The second kappa shape index (κ2) is 8.62. The van der Waals surface area contributed by atoms with E-state index in [0.717, 1.165) is 15.6 Å². The molecule has 3 aromatic heterocycles. The standard InChI is InChI=1S/C22H18BrN3O4/c1-14-2-4-15(5-3-14)18-11-24-20(30-18)8-9-22(28)29-13-17-10-21(27)26-12-16(23)6-7-19(26)25-17/h2-7,10-12H,8-9,13H2,1H3. The lowest BCUT2D eigenvalue weighted by atomic mass is 10.1. The number of hydrogen-bond acceptors (Lipinski definition) is 6. The van der Waals surface area contributed by atoms with Gasteiger partial charge in [0.2, 0.25) is 0 Å². The van der Waals surface area contributed by atoms with Gasteiger partial charge in [-0.05, 0) is 35.0 Å². The van der Waals surface area contributed by atoms with E-state index in [0.29, 0.717) is 29.4 Å². The van der Waals surface area contributed by atoms with Gasteiger partial charge in [-0.1, -0.05) is 29.8 Å². The molecule has 0 radical (unpaired) electrons. The van der Waals surface area contributed by atoms with E-state index < -0.39 is 5.97 Å². The van der Waals surface area contributed by atoms with Gasteiger partial charge in [-0.2, -0.15) is 0 Å². The number of pyridine rings is 1. The topological polar surface area (TPSA) is 86.7 Å². The van der Waals surface area contributed by atoms with Crippen LogP contribution in [0.5, 0.6) is 0 Å².